The van der Waals surface area contributed by atoms with Crippen molar-refractivity contribution < 1.29 is 19.1 Å². The van der Waals surface area contributed by atoms with E-state index in [0.29, 0.717) is 0 Å². The zero-order valence-corrected chi connectivity index (χ0v) is 8.28. The minimum absolute atomic E-state index is 0.0693. The molecule has 2 rings (SSSR count). The van der Waals surface area contributed by atoms with Crippen LogP contribution >= 0.6 is 11.6 Å². The fourth-order valence-electron chi connectivity index (χ4n) is 1.09. The lowest BCUT2D eigenvalue weighted by atomic mass is 10.3. The normalized spacial score (nSPS) is 10.5. The maximum atomic E-state index is 11.1. The summed E-state index contributed by atoms with van der Waals surface area (Å²) in [7, 11) is 1.17. The van der Waals surface area contributed by atoms with Crippen LogP contribution < -0.4 is 0 Å². The van der Waals surface area contributed by atoms with Crippen molar-refractivity contribution in [2.75, 3.05) is 7.11 Å². The van der Waals surface area contributed by atoms with Gasteiger partial charge in [-0.2, -0.15) is 0 Å². The third-order valence-electron chi connectivity index (χ3n) is 1.75. The van der Waals surface area contributed by atoms with Crippen molar-refractivity contribution in [1.29, 1.82) is 0 Å². The van der Waals surface area contributed by atoms with Crippen LogP contribution in [-0.2, 0) is 4.74 Å². The van der Waals surface area contributed by atoms with Gasteiger partial charge >= 0.3 is 5.97 Å². The van der Waals surface area contributed by atoms with Crippen LogP contribution in [0.3, 0.4) is 0 Å². The number of methoxy groups -OCH3 is 1. The maximum absolute atomic E-state index is 11.1. The van der Waals surface area contributed by atoms with Crippen LogP contribution in [0.1, 0.15) is 10.6 Å². The molecule has 0 bridgehead atoms. The summed E-state index contributed by atoms with van der Waals surface area (Å²) in [6, 6.07) is 1.34. The van der Waals surface area contributed by atoms with Gasteiger partial charge < -0.3 is 14.3 Å². The number of carbonyl (C=O) groups excluding carboxylic acids is 1. The molecule has 78 valence electrons. The number of esters is 1. The number of ether oxygens (including phenoxy) is 1. The van der Waals surface area contributed by atoms with Gasteiger partial charge in [0.2, 0.25) is 0 Å². The van der Waals surface area contributed by atoms with Gasteiger partial charge in [-0.25, -0.2) is 4.79 Å². The Morgan fingerprint density at radius 1 is 1.60 bits per heavy atom. The van der Waals surface area contributed by atoms with Crippen molar-refractivity contribution in [2.45, 2.75) is 0 Å². The molecule has 2 heterocycles. The number of furan rings is 1. The third kappa shape index (κ3) is 1.48. The largest absolute Gasteiger partial charge is 0.502 e. The molecule has 0 aliphatic rings. The lowest BCUT2D eigenvalue weighted by Crippen LogP contribution is -1.98. The predicted octanol–water partition coefficient (Wildman–Crippen LogP) is 1.37. The van der Waals surface area contributed by atoms with Crippen molar-refractivity contribution >= 4 is 28.7 Å². The lowest BCUT2D eigenvalue weighted by molar-refractivity contribution is 0.0563. The van der Waals surface area contributed by atoms with Crippen LogP contribution in [0.25, 0.3) is 11.1 Å². The summed E-state index contributed by atoms with van der Waals surface area (Å²) in [5.74, 6) is -1.51. The number of aromatic nitrogens is 2. The number of fused-ring (bicyclic) bond motifs is 1. The van der Waals surface area contributed by atoms with Gasteiger partial charge in [0.05, 0.1) is 7.11 Å². The van der Waals surface area contributed by atoms with Gasteiger partial charge in [0.15, 0.2) is 22.0 Å². The molecule has 0 aromatic carbocycles. The Balaban J connectivity index is 2.69. The first-order chi connectivity index (χ1) is 7.13. The minimum Gasteiger partial charge on any atom is -0.502 e. The summed E-state index contributed by atoms with van der Waals surface area (Å²) in [5, 5.41) is 16.7. The third-order valence-corrected chi connectivity index (χ3v) is 1.94. The van der Waals surface area contributed by atoms with Gasteiger partial charge in [-0.1, -0.05) is 11.6 Å². The van der Waals surface area contributed by atoms with E-state index in [1.807, 2.05) is 0 Å². The fraction of sp³-hybridized carbons (Fsp3) is 0.125. The number of rotatable bonds is 1. The molecular weight excluding hydrogens is 224 g/mol. The number of hydrogen-bond donors (Lipinski definition) is 1. The van der Waals surface area contributed by atoms with Crippen LogP contribution in [0.15, 0.2) is 10.5 Å². The molecule has 7 heteroatoms. The Morgan fingerprint density at radius 3 is 3.00 bits per heavy atom. The van der Waals surface area contributed by atoms with Crippen molar-refractivity contribution in [3.05, 3.63) is 17.0 Å². The molecule has 0 unspecified atom stereocenters. The van der Waals surface area contributed by atoms with E-state index >= 15 is 0 Å². The highest BCUT2D eigenvalue weighted by atomic mass is 35.5. The highest BCUT2D eigenvalue weighted by Gasteiger charge is 2.22. The smallest absolute Gasteiger partial charge is 0.378 e. The summed E-state index contributed by atoms with van der Waals surface area (Å²) < 4.78 is 9.42. The van der Waals surface area contributed by atoms with Crippen LogP contribution in [0.4, 0.5) is 0 Å². The van der Waals surface area contributed by atoms with Crippen LogP contribution in [0.5, 0.6) is 5.75 Å². The van der Waals surface area contributed by atoms with E-state index in [0.717, 1.165) is 0 Å². The second-order valence-electron chi connectivity index (χ2n) is 2.65. The average molecular weight is 229 g/mol. The number of hydrogen-bond acceptors (Lipinski definition) is 6. The Morgan fingerprint density at radius 2 is 2.33 bits per heavy atom. The molecule has 0 aliphatic carbocycles. The summed E-state index contributed by atoms with van der Waals surface area (Å²) in [5.41, 5.74) is 0.243. The summed E-state index contributed by atoms with van der Waals surface area (Å²) >= 11 is 5.56. The van der Waals surface area contributed by atoms with Crippen molar-refractivity contribution in [2.24, 2.45) is 0 Å². The molecule has 0 amide bonds. The Hall–Kier alpha value is -1.82. The highest BCUT2D eigenvalue weighted by Crippen LogP contribution is 2.31. The van der Waals surface area contributed by atoms with Crippen molar-refractivity contribution in [1.82, 2.24) is 10.2 Å². The molecule has 0 saturated heterocycles. The first kappa shape index (κ1) is 9.72. The van der Waals surface area contributed by atoms with Gasteiger partial charge in [-0.15, -0.1) is 10.2 Å². The Kier molecular flexibility index (Phi) is 2.20. The van der Waals surface area contributed by atoms with E-state index < -0.39 is 11.7 Å². The van der Waals surface area contributed by atoms with Crippen molar-refractivity contribution in [3.8, 4) is 5.75 Å². The Bertz CT molecular complexity index is 537. The molecule has 1 N–H and O–H groups in total. The van der Waals surface area contributed by atoms with E-state index in [4.69, 9.17) is 16.0 Å². The summed E-state index contributed by atoms with van der Waals surface area (Å²) in [4.78, 5) is 11.1. The molecule has 0 saturated carbocycles. The molecule has 0 radical (unpaired) electrons. The standard InChI is InChI=1S/C8H5ClN2O4/c1-14-8(13)7-6(12)5-3(15-7)2-4(9)10-11-5/h2,12H,1H3. The topological polar surface area (TPSA) is 85.5 Å². The van der Waals surface area contributed by atoms with Crippen LogP contribution in [0.2, 0.25) is 5.15 Å². The zero-order chi connectivity index (χ0) is 11.0. The molecular formula is C8H5ClN2O4. The molecule has 0 fully saturated rings. The number of aromatic hydroxyl groups is 1. The molecule has 0 aliphatic heterocycles. The molecule has 0 atom stereocenters. The number of halogens is 1. The number of carbonyl (C=O) groups is 1. The lowest BCUT2D eigenvalue weighted by Gasteiger charge is -1.92. The van der Waals surface area contributed by atoms with Gasteiger partial charge in [0.25, 0.3) is 5.76 Å². The average Bonchev–Trinajstić information content (AvgIpc) is 2.54. The quantitative estimate of drug-likeness (QED) is 0.742. The second kappa shape index (κ2) is 3.39. The highest BCUT2D eigenvalue weighted by molar-refractivity contribution is 6.29. The van der Waals surface area contributed by atoms with Crippen LogP contribution in [-0.4, -0.2) is 28.4 Å². The van der Waals surface area contributed by atoms with Gasteiger partial charge in [-0.05, 0) is 0 Å². The first-order valence-corrected chi connectivity index (χ1v) is 4.24. The molecule has 6 nitrogen and oxygen atoms in total. The predicted molar refractivity (Wildman–Crippen MR) is 49.8 cm³/mol. The molecule has 15 heavy (non-hydrogen) atoms. The zero-order valence-electron chi connectivity index (χ0n) is 7.52. The van der Waals surface area contributed by atoms with E-state index in [2.05, 4.69) is 14.9 Å². The molecule has 2 aromatic heterocycles. The van der Waals surface area contributed by atoms with Crippen molar-refractivity contribution in [3.63, 3.8) is 0 Å². The van der Waals surface area contributed by atoms with E-state index in [-0.39, 0.29) is 22.0 Å². The fourth-order valence-corrected chi connectivity index (χ4v) is 1.23. The van der Waals surface area contributed by atoms with Gasteiger partial charge in [0.1, 0.15) is 0 Å². The SMILES string of the molecule is COC(=O)c1oc2cc(Cl)nnc2c1O. The Labute approximate surface area is 88.4 Å². The van der Waals surface area contributed by atoms with Gasteiger partial charge in [-0.3, -0.25) is 0 Å². The molecule has 2 aromatic rings. The summed E-state index contributed by atoms with van der Waals surface area (Å²) in [6.07, 6.45) is 0. The van der Waals surface area contributed by atoms with Crippen LogP contribution in [0, 0.1) is 0 Å². The minimum atomic E-state index is -0.790. The summed E-state index contributed by atoms with van der Waals surface area (Å²) in [6.45, 7) is 0. The molecule has 0 spiro atoms. The first-order valence-electron chi connectivity index (χ1n) is 3.86. The van der Waals surface area contributed by atoms with Gasteiger partial charge in [0, 0.05) is 6.07 Å². The monoisotopic (exact) mass is 228 g/mol. The van der Waals surface area contributed by atoms with E-state index in [9.17, 15) is 9.90 Å². The maximum Gasteiger partial charge on any atom is 0.378 e. The van der Waals surface area contributed by atoms with E-state index in [1.54, 1.807) is 0 Å². The number of nitrogens with zero attached hydrogens (tertiary/aromatic N) is 2. The van der Waals surface area contributed by atoms with E-state index in [1.165, 1.54) is 13.2 Å². The second-order valence-corrected chi connectivity index (χ2v) is 3.04.